The summed E-state index contributed by atoms with van der Waals surface area (Å²) in [5.41, 5.74) is 1.98. The molecule has 6 heteroatoms. The molecule has 1 fully saturated rings. The number of benzene rings is 2. The molecule has 0 atom stereocenters. The van der Waals surface area contributed by atoms with Crippen molar-refractivity contribution in [2.24, 2.45) is 0 Å². The van der Waals surface area contributed by atoms with Crippen molar-refractivity contribution in [1.29, 1.82) is 0 Å². The maximum atomic E-state index is 12.6. The van der Waals surface area contributed by atoms with E-state index in [0.717, 1.165) is 37.0 Å². The first-order chi connectivity index (χ1) is 14.7. The number of likely N-dealkylation sites (tertiary alicyclic amines) is 1. The van der Waals surface area contributed by atoms with Crippen molar-refractivity contribution in [2.75, 3.05) is 26.8 Å². The van der Waals surface area contributed by atoms with Crippen molar-refractivity contribution in [2.45, 2.75) is 25.7 Å². The molecule has 4 rings (SSSR count). The number of rotatable bonds is 6. The molecular weight excluding hydrogens is 396 g/mol. The lowest BCUT2D eigenvalue weighted by atomic mass is 9.97. The fraction of sp³-hybridized carbons (Fsp3) is 0.333. The van der Waals surface area contributed by atoms with E-state index in [1.807, 2.05) is 42.2 Å². The van der Waals surface area contributed by atoms with Crippen LogP contribution >= 0.6 is 11.3 Å². The summed E-state index contributed by atoms with van der Waals surface area (Å²) >= 11 is 1.78. The summed E-state index contributed by atoms with van der Waals surface area (Å²) in [5, 5.41) is 1.19. The summed E-state index contributed by atoms with van der Waals surface area (Å²) < 4.78 is 12.2. The Morgan fingerprint density at radius 2 is 2.00 bits per heavy atom. The maximum Gasteiger partial charge on any atom is 0.246 e. The average Bonchev–Trinajstić information content (AvgIpc) is 3.23. The van der Waals surface area contributed by atoms with E-state index in [1.165, 1.54) is 9.71 Å². The van der Waals surface area contributed by atoms with Crippen LogP contribution in [0.5, 0.6) is 11.5 Å². The SMILES string of the molecule is CCOc1ccc(C=CC(=O)N2CCC(c3nc4ccccc4s3)CC2)cc1OC. The minimum absolute atomic E-state index is 0.0469. The second-order valence-electron chi connectivity index (χ2n) is 7.30. The van der Waals surface area contributed by atoms with E-state index < -0.39 is 0 Å². The zero-order valence-corrected chi connectivity index (χ0v) is 18.2. The number of para-hydroxylation sites is 1. The molecule has 0 bridgehead atoms. The molecule has 0 saturated carbocycles. The highest BCUT2D eigenvalue weighted by atomic mass is 32.1. The monoisotopic (exact) mass is 422 g/mol. The minimum atomic E-state index is 0.0469. The number of carbonyl (C=O) groups excluding carboxylic acids is 1. The van der Waals surface area contributed by atoms with Gasteiger partial charge in [0.05, 0.1) is 28.9 Å². The molecule has 3 aromatic rings. The van der Waals surface area contributed by atoms with Gasteiger partial charge in [0.1, 0.15) is 0 Å². The smallest absolute Gasteiger partial charge is 0.246 e. The number of hydrogen-bond donors (Lipinski definition) is 0. The molecule has 1 aliphatic heterocycles. The fourth-order valence-electron chi connectivity index (χ4n) is 3.75. The predicted octanol–water partition coefficient (Wildman–Crippen LogP) is 5.12. The second kappa shape index (κ2) is 9.30. The van der Waals surface area contributed by atoms with Gasteiger partial charge in [0.15, 0.2) is 11.5 Å². The van der Waals surface area contributed by atoms with Gasteiger partial charge < -0.3 is 14.4 Å². The van der Waals surface area contributed by atoms with Gasteiger partial charge in [-0.15, -0.1) is 11.3 Å². The molecule has 2 aromatic carbocycles. The van der Waals surface area contributed by atoms with Crippen LogP contribution in [0.3, 0.4) is 0 Å². The van der Waals surface area contributed by atoms with Crippen molar-refractivity contribution in [3.63, 3.8) is 0 Å². The van der Waals surface area contributed by atoms with Crippen LogP contribution in [0.1, 0.15) is 36.3 Å². The highest BCUT2D eigenvalue weighted by molar-refractivity contribution is 7.18. The third kappa shape index (κ3) is 4.49. The number of amides is 1. The zero-order chi connectivity index (χ0) is 20.9. The maximum absolute atomic E-state index is 12.6. The molecule has 1 aromatic heterocycles. The van der Waals surface area contributed by atoms with Crippen molar-refractivity contribution in [3.8, 4) is 11.5 Å². The highest BCUT2D eigenvalue weighted by Crippen LogP contribution is 2.34. The number of aromatic nitrogens is 1. The largest absolute Gasteiger partial charge is 0.493 e. The van der Waals surface area contributed by atoms with Crippen LogP contribution in [0.2, 0.25) is 0 Å². The van der Waals surface area contributed by atoms with Crippen molar-refractivity contribution in [3.05, 3.63) is 59.1 Å². The summed E-state index contributed by atoms with van der Waals surface area (Å²) in [5.74, 6) is 1.86. The quantitative estimate of drug-likeness (QED) is 0.517. The Balaban J connectivity index is 1.36. The Kier molecular flexibility index (Phi) is 6.33. The van der Waals surface area contributed by atoms with Gasteiger partial charge in [-0.25, -0.2) is 4.98 Å². The number of hydrogen-bond acceptors (Lipinski definition) is 5. The van der Waals surface area contributed by atoms with E-state index in [1.54, 1.807) is 24.5 Å². The summed E-state index contributed by atoms with van der Waals surface area (Å²) in [6.07, 6.45) is 5.39. The molecule has 1 aliphatic rings. The van der Waals surface area contributed by atoms with Crippen LogP contribution < -0.4 is 9.47 Å². The Morgan fingerprint density at radius 3 is 2.73 bits per heavy atom. The van der Waals surface area contributed by atoms with Gasteiger partial charge in [-0.1, -0.05) is 18.2 Å². The van der Waals surface area contributed by atoms with Gasteiger partial charge in [0.2, 0.25) is 5.91 Å². The third-order valence-electron chi connectivity index (χ3n) is 5.37. The number of nitrogens with zero attached hydrogens (tertiary/aromatic N) is 2. The third-order valence-corrected chi connectivity index (χ3v) is 6.57. The molecule has 0 unspecified atom stereocenters. The van der Waals surface area contributed by atoms with E-state index in [2.05, 4.69) is 18.2 Å². The lowest BCUT2D eigenvalue weighted by Crippen LogP contribution is -2.36. The lowest BCUT2D eigenvalue weighted by Gasteiger charge is -2.30. The molecule has 5 nitrogen and oxygen atoms in total. The second-order valence-corrected chi connectivity index (χ2v) is 8.36. The van der Waals surface area contributed by atoms with E-state index in [9.17, 15) is 4.79 Å². The number of piperidine rings is 1. The molecule has 0 spiro atoms. The van der Waals surface area contributed by atoms with Crippen molar-refractivity contribution >= 4 is 33.5 Å². The number of methoxy groups -OCH3 is 1. The first kappa shape index (κ1) is 20.4. The van der Waals surface area contributed by atoms with Crippen molar-refractivity contribution < 1.29 is 14.3 Å². The van der Waals surface area contributed by atoms with E-state index in [4.69, 9.17) is 14.5 Å². The number of carbonyl (C=O) groups is 1. The number of fused-ring (bicyclic) bond motifs is 1. The Hall–Kier alpha value is -2.86. The molecule has 156 valence electrons. The first-order valence-corrected chi connectivity index (χ1v) is 11.1. The van der Waals surface area contributed by atoms with E-state index in [0.29, 0.717) is 24.0 Å². The first-order valence-electron chi connectivity index (χ1n) is 10.3. The zero-order valence-electron chi connectivity index (χ0n) is 17.3. The number of ether oxygens (including phenoxy) is 2. The van der Waals surface area contributed by atoms with Gasteiger partial charge in [0.25, 0.3) is 0 Å². The predicted molar refractivity (Wildman–Crippen MR) is 121 cm³/mol. The molecule has 2 heterocycles. The normalized spacial score (nSPS) is 15.1. The van der Waals surface area contributed by atoms with E-state index in [-0.39, 0.29) is 5.91 Å². The summed E-state index contributed by atoms with van der Waals surface area (Å²) in [4.78, 5) is 19.4. The number of thiazole rings is 1. The minimum Gasteiger partial charge on any atom is -0.493 e. The molecule has 0 radical (unpaired) electrons. The topological polar surface area (TPSA) is 51.7 Å². The summed E-state index contributed by atoms with van der Waals surface area (Å²) in [6.45, 7) is 4.04. The fourth-order valence-corrected chi connectivity index (χ4v) is 4.88. The van der Waals surface area contributed by atoms with Gasteiger partial charge in [0, 0.05) is 25.1 Å². The van der Waals surface area contributed by atoms with Crippen LogP contribution in [0, 0.1) is 0 Å². The Bertz CT molecular complexity index is 1020. The van der Waals surface area contributed by atoms with Crippen LogP contribution in [0.4, 0.5) is 0 Å². The van der Waals surface area contributed by atoms with Gasteiger partial charge in [-0.05, 0) is 55.7 Å². The van der Waals surface area contributed by atoms with Crippen molar-refractivity contribution in [1.82, 2.24) is 9.88 Å². The molecule has 30 heavy (non-hydrogen) atoms. The average molecular weight is 423 g/mol. The molecule has 1 amide bonds. The summed E-state index contributed by atoms with van der Waals surface area (Å²) in [6, 6.07) is 13.9. The molecule has 0 aliphatic carbocycles. The lowest BCUT2D eigenvalue weighted by molar-refractivity contribution is -0.126. The standard InChI is InChI=1S/C24H26N2O3S/c1-3-29-20-10-8-17(16-21(20)28-2)9-11-23(27)26-14-12-18(13-15-26)24-25-19-6-4-5-7-22(19)30-24/h4-11,16,18H,3,12-15H2,1-2H3. The molecule has 1 saturated heterocycles. The van der Waals surface area contributed by atoms with Crippen LogP contribution in [0.15, 0.2) is 48.5 Å². The van der Waals surface area contributed by atoms with Gasteiger partial charge in [-0.2, -0.15) is 0 Å². The van der Waals surface area contributed by atoms with Crippen LogP contribution in [-0.4, -0.2) is 42.6 Å². The van der Waals surface area contributed by atoms with Crippen LogP contribution in [-0.2, 0) is 4.79 Å². The Labute approximate surface area is 180 Å². The molecular formula is C24H26N2O3S. The Morgan fingerprint density at radius 1 is 1.20 bits per heavy atom. The summed E-state index contributed by atoms with van der Waals surface area (Å²) in [7, 11) is 1.62. The van der Waals surface area contributed by atoms with Crippen LogP contribution in [0.25, 0.3) is 16.3 Å². The highest BCUT2D eigenvalue weighted by Gasteiger charge is 2.25. The van der Waals surface area contributed by atoms with Gasteiger partial charge >= 0.3 is 0 Å². The molecule has 0 N–H and O–H groups in total. The van der Waals surface area contributed by atoms with E-state index >= 15 is 0 Å². The van der Waals surface area contributed by atoms with Gasteiger partial charge in [-0.3, -0.25) is 4.79 Å².